The van der Waals surface area contributed by atoms with E-state index in [-0.39, 0.29) is 0 Å². The zero-order valence-corrected chi connectivity index (χ0v) is 12.0. The second kappa shape index (κ2) is 7.75. The molecule has 0 saturated heterocycles. The van der Waals surface area contributed by atoms with E-state index in [1.165, 1.54) is 11.1 Å². The third-order valence-electron chi connectivity index (χ3n) is 2.68. The van der Waals surface area contributed by atoms with Crippen molar-refractivity contribution in [1.29, 1.82) is 0 Å². The molecule has 0 aliphatic heterocycles. The zero-order chi connectivity index (χ0) is 12.7. The first-order valence-corrected chi connectivity index (χ1v) is 6.85. The molecule has 1 N–H and O–H groups in total. The molecular weight excluding hydrogens is 228 g/mol. The van der Waals surface area contributed by atoms with Crippen LogP contribution in [0.5, 0.6) is 0 Å². The summed E-state index contributed by atoms with van der Waals surface area (Å²) in [5.41, 5.74) is 2.75. The summed E-state index contributed by atoms with van der Waals surface area (Å²) in [4.78, 5) is 2.18. The second-order valence-electron chi connectivity index (χ2n) is 4.83. The van der Waals surface area contributed by atoms with Crippen molar-refractivity contribution >= 4 is 12.6 Å². The molecule has 1 aromatic carbocycles. The lowest BCUT2D eigenvalue weighted by Crippen LogP contribution is -2.24. The molecule has 0 fully saturated rings. The molecule has 96 valence electrons. The third-order valence-corrected chi connectivity index (χ3v) is 3.17. The lowest BCUT2D eigenvalue weighted by atomic mass is 10.1. The van der Waals surface area contributed by atoms with E-state index < -0.39 is 0 Å². The monoisotopic (exact) mass is 252 g/mol. The van der Waals surface area contributed by atoms with Crippen LogP contribution in [-0.4, -0.2) is 30.4 Å². The van der Waals surface area contributed by atoms with Gasteiger partial charge in [0, 0.05) is 18.5 Å². The Morgan fingerprint density at radius 1 is 1.18 bits per heavy atom. The van der Waals surface area contributed by atoms with E-state index in [0.717, 1.165) is 25.4 Å². The summed E-state index contributed by atoms with van der Waals surface area (Å²) in [7, 11) is 2.08. The molecule has 17 heavy (non-hydrogen) atoms. The highest BCUT2D eigenvalue weighted by atomic mass is 32.1. The average Bonchev–Trinajstić information content (AvgIpc) is 2.31. The van der Waals surface area contributed by atoms with E-state index in [2.05, 4.69) is 68.0 Å². The fourth-order valence-electron chi connectivity index (χ4n) is 1.68. The molecule has 0 aliphatic carbocycles. The van der Waals surface area contributed by atoms with E-state index in [0.29, 0.717) is 6.04 Å². The fraction of sp³-hybridized carbons (Fsp3) is 0.571. The highest BCUT2D eigenvalue weighted by molar-refractivity contribution is 7.80. The van der Waals surface area contributed by atoms with Crippen molar-refractivity contribution < 1.29 is 0 Å². The topological polar surface area (TPSA) is 15.3 Å². The van der Waals surface area contributed by atoms with Gasteiger partial charge in [-0.25, -0.2) is 0 Å². The summed E-state index contributed by atoms with van der Waals surface area (Å²) >= 11 is 4.25. The molecular formula is C14H24N2S. The lowest BCUT2D eigenvalue weighted by molar-refractivity contribution is 0.387. The van der Waals surface area contributed by atoms with E-state index in [1.54, 1.807) is 0 Å². The van der Waals surface area contributed by atoms with Gasteiger partial charge in [-0.15, -0.1) is 0 Å². The van der Waals surface area contributed by atoms with Crippen LogP contribution < -0.4 is 5.32 Å². The number of hydrogen-bond donors (Lipinski definition) is 2. The SMILES string of the molecule is CC(C)NCCc1ccc(CN(C)CS)cc1. The van der Waals surface area contributed by atoms with E-state index in [9.17, 15) is 0 Å². The number of benzene rings is 1. The minimum Gasteiger partial charge on any atom is -0.314 e. The summed E-state index contributed by atoms with van der Waals surface area (Å²) in [6.07, 6.45) is 1.10. The van der Waals surface area contributed by atoms with Crippen molar-refractivity contribution in [2.75, 3.05) is 19.5 Å². The fourth-order valence-corrected chi connectivity index (χ4v) is 1.78. The maximum Gasteiger partial charge on any atom is 0.0414 e. The van der Waals surface area contributed by atoms with Gasteiger partial charge in [-0.05, 0) is 31.1 Å². The summed E-state index contributed by atoms with van der Waals surface area (Å²) in [5, 5.41) is 3.43. The molecule has 2 nitrogen and oxygen atoms in total. The molecule has 0 amide bonds. The van der Waals surface area contributed by atoms with Crippen LogP contribution in [0.25, 0.3) is 0 Å². The Bertz CT molecular complexity index is 309. The van der Waals surface area contributed by atoms with Crippen LogP contribution in [0, 0.1) is 0 Å². The lowest BCUT2D eigenvalue weighted by Gasteiger charge is -2.13. The number of thiol groups is 1. The Balaban J connectivity index is 2.39. The van der Waals surface area contributed by atoms with Crippen molar-refractivity contribution in [2.24, 2.45) is 0 Å². The first kappa shape index (κ1) is 14.6. The molecule has 0 aromatic heterocycles. The van der Waals surface area contributed by atoms with Crippen LogP contribution in [0.2, 0.25) is 0 Å². The summed E-state index contributed by atoms with van der Waals surface area (Å²) in [5.74, 6) is 0.792. The largest absolute Gasteiger partial charge is 0.314 e. The maximum absolute atomic E-state index is 4.25. The van der Waals surface area contributed by atoms with Gasteiger partial charge in [-0.3, -0.25) is 4.90 Å². The molecule has 0 unspecified atom stereocenters. The molecule has 3 heteroatoms. The van der Waals surface area contributed by atoms with Crippen LogP contribution in [-0.2, 0) is 13.0 Å². The van der Waals surface area contributed by atoms with Crippen molar-refractivity contribution in [3.05, 3.63) is 35.4 Å². The smallest absolute Gasteiger partial charge is 0.0414 e. The molecule has 0 aliphatic rings. The molecule has 0 atom stereocenters. The van der Waals surface area contributed by atoms with Crippen LogP contribution in [0.15, 0.2) is 24.3 Å². The average molecular weight is 252 g/mol. The van der Waals surface area contributed by atoms with Gasteiger partial charge in [0.1, 0.15) is 0 Å². The Labute approximate surface area is 111 Å². The minimum atomic E-state index is 0.568. The molecule has 0 bridgehead atoms. The Morgan fingerprint density at radius 3 is 2.29 bits per heavy atom. The second-order valence-corrected chi connectivity index (χ2v) is 5.11. The molecule has 1 aromatic rings. The standard InChI is InChI=1S/C14H24N2S/c1-12(2)15-9-8-13-4-6-14(7-5-13)10-16(3)11-17/h4-7,12,15,17H,8-11H2,1-3H3. The molecule has 0 spiro atoms. The molecule has 0 saturated carbocycles. The van der Waals surface area contributed by atoms with Gasteiger partial charge in [0.05, 0.1) is 0 Å². The Hall–Kier alpha value is -0.510. The number of nitrogens with zero attached hydrogens (tertiary/aromatic N) is 1. The van der Waals surface area contributed by atoms with Crippen LogP contribution in [0.1, 0.15) is 25.0 Å². The van der Waals surface area contributed by atoms with Crippen LogP contribution in [0.3, 0.4) is 0 Å². The molecule has 0 radical (unpaired) electrons. The summed E-state index contributed by atoms with van der Waals surface area (Å²) < 4.78 is 0. The van der Waals surface area contributed by atoms with Crippen molar-refractivity contribution in [2.45, 2.75) is 32.9 Å². The first-order chi connectivity index (χ1) is 8.11. The quantitative estimate of drug-likeness (QED) is 0.573. The van der Waals surface area contributed by atoms with E-state index in [1.807, 2.05) is 0 Å². The van der Waals surface area contributed by atoms with Gasteiger partial charge in [-0.1, -0.05) is 38.1 Å². The minimum absolute atomic E-state index is 0.568. The van der Waals surface area contributed by atoms with Gasteiger partial charge in [0.25, 0.3) is 0 Å². The van der Waals surface area contributed by atoms with Crippen molar-refractivity contribution in [3.63, 3.8) is 0 Å². The number of rotatable bonds is 7. The Kier molecular flexibility index (Phi) is 6.63. The normalized spacial score (nSPS) is 11.4. The van der Waals surface area contributed by atoms with E-state index >= 15 is 0 Å². The van der Waals surface area contributed by atoms with Gasteiger partial charge in [-0.2, -0.15) is 12.6 Å². The van der Waals surface area contributed by atoms with Crippen molar-refractivity contribution in [1.82, 2.24) is 10.2 Å². The summed E-state index contributed by atoms with van der Waals surface area (Å²) in [6, 6.07) is 9.45. The predicted octanol–water partition coefficient (Wildman–Crippen LogP) is 2.55. The van der Waals surface area contributed by atoms with Gasteiger partial charge in [0.2, 0.25) is 0 Å². The zero-order valence-electron chi connectivity index (χ0n) is 11.1. The highest BCUT2D eigenvalue weighted by Gasteiger charge is 1.99. The van der Waals surface area contributed by atoms with Crippen molar-refractivity contribution in [3.8, 4) is 0 Å². The van der Waals surface area contributed by atoms with Gasteiger partial charge < -0.3 is 5.32 Å². The number of hydrogen-bond acceptors (Lipinski definition) is 3. The molecule has 0 heterocycles. The Morgan fingerprint density at radius 2 is 1.76 bits per heavy atom. The van der Waals surface area contributed by atoms with Gasteiger partial charge >= 0.3 is 0 Å². The third kappa shape index (κ3) is 6.10. The maximum atomic E-state index is 4.25. The summed E-state index contributed by atoms with van der Waals surface area (Å²) in [6.45, 7) is 6.37. The number of nitrogens with one attached hydrogen (secondary N) is 1. The van der Waals surface area contributed by atoms with Crippen LogP contribution in [0.4, 0.5) is 0 Å². The van der Waals surface area contributed by atoms with Crippen LogP contribution >= 0.6 is 12.6 Å². The molecule has 1 rings (SSSR count). The predicted molar refractivity (Wildman–Crippen MR) is 78.6 cm³/mol. The van der Waals surface area contributed by atoms with Gasteiger partial charge in [0.15, 0.2) is 0 Å². The highest BCUT2D eigenvalue weighted by Crippen LogP contribution is 2.07. The first-order valence-electron chi connectivity index (χ1n) is 6.22. The van der Waals surface area contributed by atoms with E-state index in [4.69, 9.17) is 0 Å².